The van der Waals surface area contributed by atoms with Crippen LogP contribution in [0.3, 0.4) is 0 Å². The summed E-state index contributed by atoms with van der Waals surface area (Å²) < 4.78 is 44.7. The molecule has 0 bridgehead atoms. The normalized spacial score (nSPS) is 11.5. The Morgan fingerprint density at radius 1 is 1.05 bits per heavy atom. The van der Waals surface area contributed by atoms with E-state index in [4.69, 9.17) is 32.1 Å². The first-order valence-corrected chi connectivity index (χ1v) is 8.11. The summed E-state index contributed by atoms with van der Waals surface area (Å²) in [5.41, 5.74) is 0. The molecule has 0 aliphatic rings. The summed E-state index contributed by atoms with van der Waals surface area (Å²) in [6.07, 6.45) is 5.01. The average Bonchev–Trinajstić information content (AvgIpc) is 2.35. The number of unbranched alkanes of at least 4 members (excludes halogenated alkanes) is 1. The van der Waals surface area contributed by atoms with Gasteiger partial charge in [0.1, 0.15) is 0 Å². The average molecular weight is 360 g/mol. The van der Waals surface area contributed by atoms with E-state index in [0.717, 1.165) is 6.61 Å². The number of hydrogen-bond donors (Lipinski definition) is 1. The maximum absolute atomic E-state index is 8.52. The second-order valence-electron chi connectivity index (χ2n) is 4.24. The zero-order valence-electron chi connectivity index (χ0n) is 14.2. The van der Waals surface area contributed by atoms with Crippen LogP contribution in [0, 0.1) is 5.92 Å². The molecule has 0 aromatic heterocycles. The number of aliphatic hydroxyl groups is 1. The van der Waals surface area contributed by atoms with E-state index in [1.54, 1.807) is 0 Å². The minimum atomic E-state index is -5.17. The van der Waals surface area contributed by atoms with E-state index in [1.807, 2.05) is 0 Å². The van der Waals surface area contributed by atoms with Crippen molar-refractivity contribution < 1.29 is 91.2 Å². The molecule has 22 heavy (non-hydrogen) atoms. The Balaban J connectivity index is -0.000000201. The quantitative estimate of drug-likeness (QED) is 0.169. The number of aliphatic hydroxyl groups excluding tert-OH is 1. The molecule has 0 aliphatic heterocycles. The molecule has 0 aromatic carbocycles. The smallest absolute Gasteiger partial charge is 0.759 e. The van der Waals surface area contributed by atoms with E-state index in [0.29, 0.717) is 25.7 Å². The Bertz CT molecular complexity index is 281. The van der Waals surface area contributed by atoms with Gasteiger partial charge in [-0.3, -0.25) is 8.42 Å². The second kappa shape index (κ2) is 22.8. The molecular weight excluding hydrogens is 334 g/mol. The number of ether oxygens (including phenoxy) is 2. The molecule has 0 saturated carbocycles. The van der Waals surface area contributed by atoms with Crippen molar-refractivity contribution >= 4 is 10.4 Å². The molecule has 0 saturated heterocycles. The van der Waals surface area contributed by atoms with Crippen LogP contribution >= 0.6 is 0 Å². The number of rotatable bonds is 11. The molecule has 0 radical (unpaired) electrons. The monoisotopic (exact) mass is 360 g/mol. The summed E-state index contributed by atoms with van der Waals surface area (Å²) in [5.74, 6) is 0.697. The Morgan fingerprint density at radius 3 is 1.95 bits per heavy atom. The van der Waals surface area contributed by atoms with Crippen LogP contribution in [0.2, 0.25) is 0 Å². The summed E-state index contributed by atoms with van der Waals surface area (Å²) in [4.78, 5) is 0. The molecule has 0 aromatic rings. The first kappa shape index (κ1) is 31.5. The van der Waals surface area contributed by atoms with Gasteiger partial charge in [-0.25, -0.2) is 0 Å². The fourth-order valence-electron chi connectivity index (χ4n) is 1.43. The molecular formula is C12H26Na2O7S. The summed E-state index contributed by atoms with van der Waals surface area (Å²) in [6, 6.07) is 0. The van der Waals surface area contributed by atoms with Crippen molar-refractivity contribution in [1.82, 2.24) is 0 Å². The van der Waals surface area contributed by atoms with Gasteiger partial charge in [0.05, 0.1) is 26.4 Å². The number of hydrogen-bond acceptors (Lipinski definition) is 7. The summed E-state index contributed by atoms with van der Waals surface area (Å²) in [5, 5.41) is 8.48. The maximum atomic E-state index is 8.52. The Morgan fingerprint density at radius 2 is 1.55 bits per heavy atom. The van der Waals surface area contributed by atoms with Crippen LogP contribution in [0.4, 0.5) is 0 Å². The zero-order valence-corrected chi connectivity index (χ0v) is 19.1. The first-order valence-electron chi connectivity index (χ1n) is 6.78. The third kappa shape index (κ3) is 37.8. The molecule has 1 unspecified atom stereocenters. The minimum absolute atomic E-state index is 0. The molecule has 0 amide bonds. The van der Waals surface area contributed by atoms with E-state index in [9.17, 15) is 0 Å². The van der Waals surface area contributed by atoms with Crippen LogP contribution in [-0.2, 0) is 19.9 Å². The van der Waals surface area contributed by atoms with Gasteiger partial charge < -0.3 is 23.7 Å². The standard InChI is InChI=1S/C12H26O3.2Na.H2O4S/c1-3-5-6-12(4-2)11-15-10-9-14-8-7-13;;;1-5(2,3)4/h12-13H,3-11H2,1-2H3;;;(H2,1,2,3,4)/q;2*+1;/p-2. The third-order valence-electron chi connectivity index (χ3n) is 2.50. The summed E-state index contributed by atoms with van der Waals surface area (Å²) >= 11 is 0. The van der Waals surface area contributed by atoms with E-state index in [2.05, 4.69) is 13.8 Å². The predicted molar refractivity (Wildman–Crippen MR) is 72.5 cm³/mol. The van der Waals surface area contributed by atoms with Crippen molar-refractivity contribution in [2.75, 3.05) is 33.0 Å². The van der Waals surface area contributed by atoms with Crippen molar-refractivity contribution in [2.24, 2.45) is 5.92 Å². The van der Waals surface area contributed by atoms with E-state index < -0.39 is 10.4 Å². The molecule has 0 fully saturated rings. The molecule has 124 valence electrons. The van der Waals surface area contributed by atoms with Crippen molar-refractivity contribution in [3.8, 4) is 0 Å². The molecule has 0 aliphatic carbocycles. The summed E-state index contributed by atoms with van der Waals surface area (Å²) in [6.45, 7) is 7.01. The predicted octanol–water partition coefficient (Wildman–Crippen LogP) is -5.10. The van der Waals surface area contributed by atoms with Gasteiger partial charge in [-0.2, -0.15) is 0 Å². The third-order valence-corrected chi connectivity index (χ3v) is 2.50. The van der Waals surface area contributed by atoms with Crippen LogP contribution < -0.4 is 59.1 Å². The van der Waals surface area contributed by atoms with E-state index in [1.165, 1.54) is 25.7 Å². The minimum Gasteiger partial charge on any atom is -0.759 e. The fraction of sp³-hybridized carbons (Fsp3) is 1.00. The topological polar surface area (TPSA) is 119 Å². The van der Waals surface area contributed by atoms with Crippen molar-refractivity contribution in [1.29, 1.82) is 0 Å². The molecule has 7 nitrogen and oxygen atoms in total. The van der Waals surface area contributed by atoms with Crippen molar-refractivity contribution in [2.45, 2.75) is 39.5 Å². The van der Waals surface area contributed by atoms with Crippen LogP contribution in [-0.4, -0.2) is 55.7 Å². The molecule has 10 heteroatoms. The van der Waals surface area contributed by atoms with Crippen LogP contribution in [0.5, 0.6) is 0 Å². The Labute approximate surface area is 178 Å². The molecule has 0 spiro atoms. The maximum Gasteiger partial charge on any atom is 1.00 e. The molecule has 0 heterocycles. The first-order chi connectivity index (χ1) is 9.35. The van der Waals surface area contributed by atoms with Gasteiger partial charge in [0.25, 0.3) is 0 Å². The van der Waals surface area contributed by atoms with Gasteiger partial charge >= 0.3 is 59.1 Å². The van der Waals surface area contributed by atoms with Gasteiger partial charge in [-0.15, -0.1) is 0 Å². The van der Waals surface area contributed by atoms with Crippen molar-refractivity contribution in [3.63, 3.8) is 0 Å². The van der Waals surface area contributed by atoms with Gasteiger partial charge in [0.2, 0.25) is 0 Å². The Hall–Kier alpha value is 1.75. The van der Waals surface area contributed by atoms with Crippen LogP contribution in [0.25, 0.3) is 0 Å². The molecule has 1 atom stereocenters. The van der Waals surface area contributed by atoms with Gasteiger partial charge in [-0.1, -0.05) is 33.1 Å². The summed E-state index contributed by atoms with van der Waals surface area (Å²) in [7, 11) is -5.17. The van der Waals surface area contributed by atoms with Crippen molar-refractivity contribution in [3.05, 3.63) is 0 Å². The SMILES string of the molecule is CCCCC(CC)COCCOCCO.O=S(=O)([O-])[O-].[Na+].[Na+]. The largest absolute Gasteiger partial charge is 1.00 e. The van der Waals surface area contributed by atoms with E-state index in [-0.39, 0.29) is 65.7 Å². The van der Waals surface area contributed by atoms with Crippen LogP contribution in [0.1, 0.15) is 39.5 Å². The van der Waals surface area contributed by atoms with Gasteiger partial charge in [0.15, 0.2) is 0 Å². The van der Waals surface area contributed by atoms with E-state index >= 15 is 0 Å². The molecule has 0 rings (SSSR count). The zero-order chi connectivity index (χ0) is 15.9. The van der Waals surface area contributed by atoms with Gasteiger partial charge in [0, 0.05) is 17.0 Å². The van der Waals surface area contributed by atoms with Gasteiger partial charge in [-0.05, 0) is 12.3 Å². The Kier molecular flexibility index (Phi) is 32.6. The molecule has 1 N–H and O–H groups in total. The van der Waals surface area contributed by atoms with Crippen LogP contribution in [0.15, 0.2) is 0 Å². The second-order valence-corrected chi connectivity index (χ2v) is 5.05. The fourth-order valence-corrected chi connectivity index (χ4v) is 1.43.